The third-order valence-electron chi connectivity index (χ3n) is 3.05. The first-order valence-electron chi connectivity index (χ1n) is 5.98. The van der Waals surface area contributed by atoms with Crippen molar-refractivity contribution in [2.24, 2.45) is 0 Å². The van der Waals surface area contributed by atoms with Gasteiger partial charge < -0.3 is 5.11 Å². The normalized spacial score (nSPS) is 11.0. The average molecular weight is 272 g/mol. The van der Waals surface area contributed by atoms with E-state index in [4.69, 9.17) is 5.11 Å². The molecule has 0 amide bonds. The number of fused-ring (bicyclic) bond motifs is 1. The number of nitrogens with zero attached hydrogens (tertiary/aromatic N) is 2. The molecule has 2 aromatic heterocycles. The van der Waals surface area contributed by atoms with Gasteiger partial charge >= 0.3 is 5.97 Å². The molecule has 96 valence electrons. The number of hydrogen-bond donors (Lipinski definition) is 1. The van der Waals surface area contributed by atoms with Gasteiger partial charge in [0, 0.05) is 11.8 Å². The van der Waals surface area contributed by atoms with E-state index in [1.54, 1.807) is 23.5 Å². The van der Waals surface area contributed by atoms with Crippen molar-refractivity contribution in [2.75, 3.05) is 0 Å². The molecule has 0 saturated heterocycles. The molecule has 0 unspecified atom stereocenters. The summed E-state index contributed by atoms with van der Waals surface area (Å²) in [6.07, 6.45) is 0.799. The zero-order valence-electron chi connectivity index (χ0n) is 10.3. The lowest BCUT2D eigenvalue weighted by atomic mass is 10.2. The van der Waals surface area contributed by atoms with Gasteiger partial charge in [0.15, 0.2) is 0 Å². The molecule has 0 atom stereocenters. The van der Waals surface area contributed by atoms with Crippen molar-refractivity contribution >= 4 is 28.3 Å². The van der Waals surface area contributed by atoms with Gasteiger partial charge in [-0.25, -0.2) is 9.78 Å². The third-order valence-corrected chi connectivity index (χ3v) is 3.72. The zero-order chi connectivity index (χ0) is 13.4. The molecule has 19 heavy (non-hydrogen) atoms. The molecule has 3 aromatic rings. The van der Waals surface area contributed by atoms with Crippen molar-refractivity contribution in [1.82, 2.24) is 9.55 Å². The second-order valence-electron chi connectivity index (χ2n) is 4.21. The maximum atomic E-state index is 11.0. The minimum Gasteiger partial charge on any atom is -0.478 e. The van der Waals surface area contributed by atoms with Crippen LogP contribution >= 0.6 is 11.3 Å². The molecule has 0 saturated carbocycles. The molecular weight excluding hydrogens is 260 g/mol. The number of carboxylic acid groups (broad SMARTS) is 1. The Kier molecular flexibility index (Phi) is 2.83. The number of imidazole rings is 1. The predicted octanol–water partition coefficient (Wildman–Crippen LogP) is 3.35. The van der Waals surface area contributed by atoms with Crippen LogP contribution in [0.2, 0.25) is 0 Å². The Hall–Kier alpha value is -2.14. The van der Waals surface area contributed by atoms with Crippen molar-refractivity contribution in [3.63, 3.8) is 0 Å². The van der Waals surface area contributed by atoms with Gasteiger partial charge in [-0.3, -0.25) is 4.57 Å². The van der Waals surface area contributed by atoms with Gasteiger partial charge in [-0.15, -0.1) is 0 Å². The van der Waals surface area contributed by atoms with Gasteiger partial charge in [0.2, 0.25) is 0 Å². The Morgan fingerprint density at radius 1 is 1.42 bits per heavy atom. The molecule has 0 spiro atoms. The average Bonchev–Trinajstić information content (AvgIpc) is 3.03. The second kappa shape index (κ2) is 4.51. The number of carboxylic acids is 1. The number of aromatic carboxylic acids is 1. The predicted molar refractivity (Wildman–Crippen MR) is 75.3 cm³/mol. The first kappa shape index (κ1) is 11.9. The monoisotopic (exact) mass is 272 g/mol. The van der Waals surface area contributed by atoms with Crippen LogP contribution in [0.1, 0.15) is 23.1 Å². The van der Waals surface area contributed by atoms with Gasteiger partial charge in [-0.05, 0) is 29.6 Å². The van der Waals surface area contributed by atoms with Crippen LogP contribution in [-0.4, -0.2) is 20.6 Å². The van der Waals surface area contributed by atoms with Crippen molar-refractivity contribution in [3.05, 3.63) is 46.4 Å². The summed E-state index contributed by atoms with van der Waals surface area (Å²) in [6, 6.07) is 7.10. The molecule has 2 heterocycles. The summed E-state index contributed by atoms with van der Waals surface area (Å²) >= 11 is 1.63. The summed E-state index contributed by atoms with van der Waals surface area (Å²) in [6.45, 7) is 2.04. The molecule has 0 aliphatic heterocycles. The standard InChI is InChI=1S/C14H12N2O2S/c1-2-13-15-11-7-9(14(17)18)3-4-12(11)16(13)10-5-6-19-8-10/h3-8H,2H2,1H3,(H,17,18). The molecule has 0 bridgehead atoms. The van der Waals surface area contributed by atoms with E-state index in [9.17, 15) is 4.79 Å². The third kappa shape index (κ3) is 1.92. The summed E-state index contributed by atoms with van der Waals surface area (Å²) in [4.78, 5) is 15.5. The highest BCUT2D eigenvalue weighted by atomic mass is 32.1. The molecule has 3 rings (SSSR count). The molecule has 0 aliphatic carbocycles. The van der Waals surface area contributed by atoms with E-state index >= 15 is 0 Å². The Morgan fingerprint density at radius 3 is 2.89 bits per heavy atom. The van der Waals surface area contributed by atoms with Crippen molar-refractivity contribution in [3.8, 4) is 5.69 Å². The number of benzene rings is 1. The topological polar surface area (TPSA) is 55.1 Å². The van der Waals surface area contributed by atoms with E-state index in [1.165, 1.54) is 0 Å². The van der Waals surface area contributed by atoms with Crippen LogP contribution < -0.4 is 0 Å². The van der Waals surface area contributed by atoms with Crippen molar-refractivity contribution in [1.29, 1.82) is 0 Å². The molecule has 4 nitrogen and oxygen atoms in total. The van der Waals surface area contributed by atoms with E-state index in [2.05, 4.69) is 14.9 Å². The first-order valence-corrected chi connectivity index (χ1v) is 6.92. The summed E-state index contributed by atoms with van der Waals surface area (Å²) in [5, 5.41) is 13.1. The van der Waals surface area contributed by atoms with Crippen molar-refractivity contribution in [2.45, 2.75) is 13.3 Å². The number of aromatic nitrogens is 2. The molecule has 1 N–H and O–H groups in total. The summed E-state index contributed by atoms with van der Waals surface area (Å²) in [5.41, 5.74) is 3.01. The maximum absolute atomic E-state index is 11.0. The van der Waals surface area contributed by atoms with Gasteiger partial charge in [0.25, 0.3) is 0 Å². The minimum atomic E-state index is -0.926. The highest BCUT2D eigenvalue weighted by molar-refractivity contribution is 7.08. The number of carbonyl (C=O) groups is 1. The maximum Gasteiger partial charge on any atom is 0.335 e. The van der Waals surface area contributed by atoms with Gasteiger partial charge in [-0.1, -0.05) is 6.92 Å². The van der Waals surface area contributed by atoms with E-state index in [0.717, 1.165) is 29.0 Å². The highest BCUT2D eigenvalue weighted by Crippen LogP contribution is 2.24. The van der Waals surface area contributed by atoms with E-state index in [1.807, 2.05) is 24.4 Å². The van der Waals surface area contributed by atoms with Crippen LogP contribution in [0.5, 0.6) is 0 Å². The molecule has 0 aliphatic rings. The number of aryl methyl sites for hydroxylation is 1. The number of rotatable bonds is 3. The van der Waals surface area contributed by atoms with Gasteiger partial charge in [-0.2, -0.15) is 11.3 Å². The van der Waals surface area contributed by atoms with E-state index < -0.39 is 5.97 Å². The van der Waals surface area contributed by atoms with Gasteiger partial charge in [0.05, 0.1) is 22.3 Å². The molecule has 0 fully saturated rings. The Morgan fingerprint density at radius 2 is 2.26 bits per heavy atom. The van der Waals surface area contributed by atoms with E-state index in [0.29, 0.717) is 0 Å². The lowest BCUT2D eigenvalue weighted by molar-refractivity contribution is 0.0697. The lowest BCUT2D eigenvalue weighted by Crippen LogP contribution is -1.98. The smallest absolute Gasteiger partial charge is 0.335 e. The molecule has 0 radical (unpaired) electrons. The quantitative estimate of drug-likeness (QED) is 0.795. The number of thiophene rings is 1. The fourth-order valence-electron chi connectivity index (χ4n) is 2.17. The number of hydrogen-bond acceptors (Lipinski definition) is 3. The first-order chi connectivity index (χ1) is 9.20. The van der Waals surface area contributed by atoms with Crippen molar-refractivity contribution < 1.29 is 9.90 Å². The summed E-state index contributed by atoms with van der Waals surface area (Å²) < 4.78 is 2.08. The van der Waals surface area contributed by atoms with Crippen LogP contribution in [0.25, 0.3) is 16.7 Å². The van der Waals surface area contributed by atoms with Crippen LogP contribution in [-0.2, 0) is 6.42 Å². The Bertz CT molecular complexity index is 744. The van der Waals surface area contributed by atoms with Crippen LogP contribution in [0.3, 0.4) is 0 Å². The summed E-state index contributed by atoms with van der Waals surface area (Å²) in [7, 11) is 0. The zero-order valence-corrected chi connectivity index (χ0v) is 11.1. The fourth-order valence-corrected chi connectivity index (χ4v) is 2.79. The van der Waals surface area contributed by atoms with Crippen LogP contribution in [0.4, 0.5) is 0 Å². The molecule has 5 heteroatoms. The SMILES string of the molecule is CCc1nc2cc(C(=O)O)ccc2n1-c1ccsc1. The van der Waals surface area contributed by atoms with Crippen LogP contribution in [0, 0.1) is 0 Å². The molecular formula is C14H12N2O2S. The molecule has 1 aromatic carbocycles. The second-order valence-corrected chi connectivity index (χ2v) is 4.99. The largest absolute Gasteiger partial charge is 0.478 e. The summed E-state index contributed by atoms with van der Waals surface area (Å²) in [5.74, 6) is 0.0148. The Balaban J connectivity index is 2.29. The fraction of sp³-hybridized carbons (Fsp3) is 0.143. The minimum absolute atomic E-state index is 0.269. The Labute approximate surface area is 113 Å². The lowest BCUT2D eigenvalue weighted by Gasteiger charge is -2.05. The highest BCUT2D eigenvalue weighted by Gasteiger charge is 2.13. The van der Waals surface area contributed by atoms with E-state index in [-0.39, 0.29) is 5.56 Å². The van der Waals surface area contributed by atoms with Gasteiger partial charge in [0.1, 0.15) is 5.82 Å². The van der Waals surface area contributed by atoms with Crippen LogP contribution in [0.15, 0.2) is 35.0 Å².